The molecule has 136 valence electrons. The summed E-state index contributed by atoms with van der Waals surface area (Å²) in [6.07, 6.45) is 19.1. The van der Waals surface area contributed by atoms with Crippen LogP contribution in [0.15, 0.2) is 0 Å². The zero-order valence-electron chi connectivity index (χ0n) is 15.7. The molecule has 0 amide bonds. The lowest BCUT2D eigenvalue weighted by Crippen LogP contribution is -2.09. The van der Waals surface area contributed by atoms with E-state index in [2.05, 4.69) is 13.8 Å². The van der Waals surface area contributed by atoms with Gasteiger partial charge in [0.15, 0.2) is 0 Å². The van der Waals surface area contributed by atoms with Crippen LogP contribution in [0, 0.1) is 17.8 Å². The third-order valence-corrected chi connectivity index (χ3v) is 5.85. The van der Waals surface area contributed by atoms with Gasteiger partial charge in [0.25, 0.3) is 0 Å². The second-order valence-electron chi connectivity index (χ2n) is 7.98. The molecule has 1 aliphatic carbocycles. The van der Waals surface area contributed by atoms with Gasteiger partial charge in [-0.05, 0) is 24.2 Å². The van der Waals surface area contributed by atoms with Gasteiger partial charge in [0.2, 0.25) is 0 Å². The van der Waals surface area contributed by atoms with Crippen molar-refractivity contribution in [1.29, 1.82) is 0 Å². The van der Waals surface area contributed by atoms with E-state index in [-0.39, 0.29) is 0 Å². The van der Waals surface area contributed by atoms with Gasteiger partial charge in [-0.2, -0.15) is 0 Å². The number of unbranched alkanes of at least 4 members (excludes halogenated alkanes) is 4. The summed E-state index contributed by atoms with van der Waals surface area (Å²) in [4.78, 5) is 10.5. The van der Waals surface area contributed by atoms with Crippen LogP contribution in [0.4, 0.5) is 0 Å². The lowest BCUT2D eigenvalue weighted by Gasteiger charge is -2.20. The van der Waals surface area contributed by atoms with Crippen LogP contribution in [0.2, 0.25) is 0 Å². The summed E-state index contributed by atoms with van der Waals surface area (Å²) in [5.74, 6) is 2.24. The fraction of sp³-hybridized carbons (Fsp3) is 0.952. The molecule has 0 radical (unpaired) electrons. The van der Waals surface area contributed by atoms with Crippen LogP contribution < -0.4 is 0 Å². The Labute approximate surface area is 144 Å². The summed E-state index contributed by atoms with van der Waals surface area (Å²) >= 11 is 0. The van der Waals surface area contributed by atoms with Gasteiger partial charge in [0.05, 0.1) is 0 Å². The lowest BCUT2D eigenvalue weighted by molar-refractivity contribution is -0.137. The van der Waals surface area contributed by atoms with Gasteiger partial charge in [-0.1, -0.05) is 97.3 Å². The molecular weight excluding hydrogens is 284 g/mol. The minimum Gasteiger partial charge on any atom is -0.481 e. The summed E-state index contributed by atoms with van der Waals surface area (Å²) < 4.78 is 0. The highest BCUT2D eigenvalue weighted by Crippen LogP contribution is 2.38. The highest BCUT2D eigenvalue weighted by atomic mass is 16.4. The summed E-state index contributed by atoms with van der Waals surface area (Å²) in [6, 6.07) is 0. The highest BCUT2D eigenvalue weighted by Gasteiger charge is 2.26. The van der Waals surface area contributed by atoms with Crippen molar-refractivity contribution >= 4 is 5.97 Å². The second kappa shape index (κ2) is 12.8. The largest absolute Gasteiger partial charge is 0.481 e. The minimum absolute atomic E-state index is 0.349. The van der Waals surface area contributed by atoms with Crippen LogP contribution in [0.25, 0.3) is 0 Å². The predicted molar refractivity (Wildman–Crippen MR) is 98.7 cm³/mol. The fourth-order valence-corrected chi connectivity index (χ4v) is 4.34. The molecule has 1 fully saturated rings. The number of rotatable bonds is 14. The average Bonchev–Trinajstić information content (AvgIpc) is 2.96. The highest BCUT2D eigenvalue weighted by molar-refractivity contribution is 5.66. The van der Waals surface area contributed by atoms with Crippen LogP contribution >= 0.6 is 0 Å². The maximum Gasteiger partial charge on any atom is 0.303 e. The molecule has 0 saturated heterocycles. The number of hydrogen-bond donors (Lipinski definition) is 1. The number of carbonyl (C=O) groups is 1. The number of aliphatic carboxylic acids is 1. The molecule has 0 heterocycles. The predicted octanol–water partition coefficient (Wildman–Crippen LogP) is 6.82. The summed E-state index contributed by atoms with van der Waals surface area (Å²) in [5.41, 5.74) is 0. The van der Waals surface area contributed by atoms with Crippen LogP contribution in [0.3, 0.4) is 0 Å². The summed E-state index contributed by atoms with van der Waals surface area (Å²) in [5, 5.41) is 8.65. The van der Waals surface area contributed by atoms with Crippen LogP contribution in [0.5, 0.6) is 0 Å². The van der Waals surface area contributed by atoms with E-state index < -0.39 is 5.97 Å². The molecule has 3 atom stereocenters. The molecule has 2 nitrogen and oxygen atoms in total. The molecule has 0 aromatic carbocycles. The monoisotopic (exact) mass is 324 g/mol. The van der Waals surface area contributed by atoms with Crippen molar-refractivity contribution in [3.63, 3.8) is 0 Å². The first-order valence-corrected chi connectivity index (χ1v) is 10.3. The lowest BCUT2D eigenvalue weighted by atomic mass is 9.85. The molecule has 1 N–H and O–H groups in total. The van der Waals surface area contributed by atoms with E-state index in [0.29, 0.717) is 6.42 Å². The first-order valence-electron chi connectivity index (χ1n) is 10.3. The third-order valence-electron chi connectivity index (χ3n) is 5.85. The molecular formula is C21H40O2. The van der Waals surface area contributed by atoms with Crippen molar-refractivity contribution in [3.8, 4) is 0 Å². The Balaban J connectivity index is 2.05. The Hall–Kier alpha value is -0.530. The zero-order chi connectivity index (χ0) is 16.9. The first kappa shape index (κ1) is 20.5. The van der Waals surface area contributed by atoms with Crippen molar-refractivity contribution in [2.24, 2.45) is 17.8 Å². The topological polar surface area (TPSA) is 37.3 Å². The average molecular weight is 325 g/mol. The van der Waals surface area contributed by atoms with E-state index in [1.54, 1.807) is 0 Å². The van der Waals surface area contributed by atoms with Crippen molar-refractivity contribution in [3.05, 3.63) is 0 Å². The third kappa shape index (κ3) is 10.0. The van der Waals surface area contributed by atoms with Gasteiger partial charge >= 0.3 is 5.97 Å². The smallest absolute Gasteiger partial charge is 0.303 e. The molecule has 0 aromatic heterocycles. The molecule has 0 aliphatic heterocycles. The van der Waals surface area contributed by atoms with E-state index in [0.717, 1.165) is 30.6 Å². The quantitative estimate of drug-likeness (QED) is 0.356. The van der Waals surface area contributed by atoms with Crippen LogP contribution in [0.1, 0.15) is 110 Å². The van der Waals surface area contributed by atoms with Crippen molar-refractivity contribution in [2.75, 3.05) is 0 Å². The maximum atomic E-state index is 10.5. The number of carboxylic acids is 1. The normalized spacial score (nSPS) is 22.3. The van der Waals surface area contributed by atoms with Gasteiger partial charge in [-0.3, -0.25) is 4.79 Å². The summed E-state index contributed by atoms with van der Waals surface area (Å²) in [6.45, 7) is 4.72. The van der Waals surface area contributed by atoms with E-state index in [1.165, 1.54) is 77.0 Å². The van der Waals surface area contributed by atoms with Crippen molar-refractivity contribution in [2.45, 2.75) is 110 Å². The van der Waals surface area contributed by atoms with Gasteiger partial charge < -0.3 is 5.11 Å². The molecule has 0 aromatic rings. The molecule has 1 rings (SSSR count). The van der Waals surface area contributed by atoms with E-state index in [1.807, 2.05) is 0 Å². The van der Waals surface area contributed by atoms with Gasteiger partial charge in [0, 0.05) is 6.42 Å². The minimum atomic E-state index is -0.644. The van der Waals surface area contributed by atoms with Crippen molar-refractivity contribution in [1.82, 2.24) is 0 Å². The van der Waals surface area contributed by atoms with Gasteiger partial charge in [-0.25, -0.2) is 0 Å². The molecule has 0 spiro atoms. The molecule has 1 unspecified atom stereocenters. The van der Waals surface area contributed by atoms with E-state index in [9.17, 15) is 4.79 Å². The SMILES string of the molecule is CCCCC(C)CCC[C@H]1CCC[C@@H]1CCCCCCC(=O)O. The molecule has 2 heteroatoms. The second-order valence-corrected chi connectivity index (χ2v) is 7.98. The maximum absolute atomic E-state index is 10.5. The van der Waals surface area contributed by atoms with Gasteiger partial charge in [0.1, 0.15) is 0 Å². The number of carboxylic acid groups (broad SMARTS) is 1. The van der Waals surface area contributed by atoms with E-state index in [4.69, 9.17) is 5.11 Å². The first-order chi connectivity index (χ1) is 11.1. The molecule has 1 aliphatic rings. The standard InChI is InChI=1S/C21H40O2/c1-3-4-11-18(2)12-9-14-20-16-10-15-19(20)13-7-5-6-8-17-21(22)23/h18-20H,3-17H2,1-2H3,(H,22,23)/t18?,19-,20-/m0/s1. The Morgan fingerprint density at radius 1 is 0.957 bits per heavy atom. The molecule has 23 heavy (non-hydrogen) atoms. The van der Waals surface area contributed by atoms with Crippen molar-refractivity contribution < 1.29 is 9.90 Å². The van der Waals surface area contributed by atoms with Crippen LogP contribution in [-0.2, 0) is 4.79 Å². The Morgan fingerprint density at radius 2 is 1.57 bits per heavy atom. The van der Waals surface area contributed by atoms with E-state index >= 15 is 0 Å². The number of hydrogen-bond acceptors (Lipinski definition) is 1. The Kier molecular flexibility index (Phi) is 11.5. The molecule has 0 bridgehead atoms. The zero-order valence-corrected chi connectivity index (χ0v) is 15.7. The fourth-order valence-electron chi connectivity index (χ4n) is 4.34. The van der Waals surface area contributed by atoms with Gasteiger partial charge in [-0.15, -0.1) is 0 Å². The Morgan fingerprint density at radius 3 is 2.22 bits per heavy atom. The Bertz CT molecular complexity index is 300. The summed E-state index contributed by atoms with van der Waals surface area (Å²) in [7, 11) is 0. The van der Waals surface area contributed by atoms with Crippen LogP contribution in [-0.4, -0.2) is 11.1 Å². The molecule has 1 saturated carbocycles.